The lowest BCUT2D eigenvalue weighted by molar-refractivity contribution is 0.531. The lowest BCUT2D eigenvalue weighted by Crippen LogP contribution is -2.30. The van der Waals surface area contributed by atoms with Gasteiger partial charge in [-0.25, -0.2) is 4.98 Å². The van der Waals surface area contributed by atoms with E-state index in [2.05, 4.69) is 53.5 Å². The summed E-state index contributed by atoms with van der Waals surface area (Å²) in [5.74, 6) is 6.86. The second-order valence-corrected chi connectivity index (χ2v) is 6.10. The molecule has 3 rings (SSSR count). The number of rotatable bonds is 5. The molecule has 21 heavy (non-hydrogen) atoms. The molecule has 4 nitrogen and oxygen atoms in total. The Bertz CT molecular complexity index is 744. The maximum absolute atomic E-state index is 5.79. The number of nitrogens with zero attached hydrogens (tertiary/aromatic N) is 2. The van der Waals surface area contributed by atoms with Gasteiger partial charge in [-0.3, -0.25) is 11.3 Å². The van der Waals surface area contributed by atoms with Crippen LogP contribution in [-0.4, -0.2) is 9.55 Å². The van der Waals surface area contributed by atoms with Gasteiger partial charge < -0.3 is 4.57 Å². The summed E-state index contributed by atoms with van der Waals surface area (Å²) in [6.45, 7) is 5.19. The van der Waals surface area contributed by atoms with Crippen LogP contribution in [0, 0.1) is 6.92 Å². The highest BCUT2D eigenvalue weighted by Crippen LogP contribution is 2.27. The minimum absolute atomic E-state index is 0.104. The van der Waals surface area contributed by atoms with Crippen molar-refractivity contribution in [2.24, 2.45) is 5.84 Å². The van der Waals surface area contributed by atoms with E-state index in [9.17, 15) is 0 Å². The maximum Gasteiger partial charge on any atom is 0.111 e. The Labute approximate surface area is 128 Å². The largest absolute Gasteiger partial charge is 0.328 e. The monoisotopic (exact) mass is 300 g/mol. The van der Waals surface area contributed by atoms with Crippen LogP contribution in [0.5, 0.6) is 0 Å². The van der Waals surface area contributed by atoms with E-state index in [-0.39, 0.29) is 6.04 Å². The van der Waals surface area contributed by atoms with Gasteiger partial charge in [0, 0.05) is 17.8 Å². The predicted molar refractivity (Wildman–Crippen MR) is 88.2 cm³/mol. The molecule has 0 amide bonds. The number of para-hydroxylation sites is 2. The fraction of sp³-hybridized carbons (Fsp3) is 0.312. The maximum atomic E-state index is 5.79. The summed E-state index contributed by atoms with van der Waals surface area (Å²) < 4.78 is 2.27. The number of fused-ring (bicyclic) bond motifs is 1. The molecule has 3 N–H and O–H groups in total. The van der Waals surface area contributed by atoms with Gasteiger partial charge in [0.05, 0.1) is 17.1 Å². The van der Waals surface area contributed by atoms with Gasteiger partial charge in [-0.2, -0.15) is 0 Å². The third-order valence-electron chi connectivity index (χ3n) is 3.86. The summed E-state index contributed by atoms with van der Waals surface area (Å²) >= 11 is 1.74. The second kappa shape index (κ2) is 5.97. The minimum Gasteiger partial charge on any atom is -0.328 e. The first-order valence-electron chi connectivity index (χ1n) is 7.18. The average molecular weight is 300 g/mol. The number of hydrogen-bond acceptors (Lipinski definition) is 4. The summed E-state index contributed by atoms with van der Waals surface area (Å²) in [4.78, 5) is 6.07. The zero-order chi connectivity index (χ0) is 14.8. The zero-order valence-electron chi connectivity index (χ0n) is 12.3. The summed E-state index contributed by atoms with van der Waals surface area (Å²) in [5, 5.41) is 2.11. The van der Waals surface area contributed by atoms with Crippen molar-refractivity contribution in [3.63, 3.8) is 0 Å². The molecule has 5 heteroatoms. The van der Waals surface area contributed by atoms with Crippen LogP contribution in [0.1, 0.15) is 29.2 Å². The van der Waals surface area contributed by atoms with E-state index in [0.717, 1.165) is 24.3 Å². The van der Waals surface area contributed by atoms with Crippen molar-refractivity contribution in [2.75, 3.05) is 0 Å². The molecule has 0 bridgehead atoms. The van der Waals surface area contributed by atoms with Crippen molar-refractivity contribution in [2.45, 2.75) is 32.9 Å². The second-order valence-electron chi connectivity index (χ2n) is 5.15. The summed E-state index contributed by atoms with van der Waals surface area (Å²) in [6.07, 6.45) is 0.792. The third-order valence-corrected chi connectivity index (χ3v) is 4.99. The highest BCUT2D eigenvalue weighted by atomic mass is 32.1. The summed E-state index contributed by atoms with van der Waals surface area (Å²) in [5.41, 5.74) is 6.46. The van der Waals surface area contributed by atoms with E-state index >= 15 is 0 Å². The first-order valence-corrected chi connectivity index (χ1v) is 8.06. The Hall–Kier alpha value is -1.69. The lowest BCUT2D eigenvalue weighted by atomic mass is 10.1. The van der Waals surface area contributed by atoms with Crippen molar-refractivity contribution >= 4 is 22.4 Å². The molecule has 0 saturated carbocycles. The van der Waals surface area contributed by atoms with Gasteiger partial charge in [-0.05, 0) is 43.0 Å². The number of hydrogen-bond donors (Lipinski definition) is 2. The van der Waals surface area contributed by atoms with Crippen LogP contribution in [0.3, 0.4) is 0 Å². The number of nitrogens with one attached hydrogen (secondary N) is 1. The van der Waals surface area contributed by atoms with E-state index in [1.54, 1.807) is 11.3 Å². The molecule has 0 aliphatic rings. The number of aromatic nitrogens is 2. The predicted octanol–water partition coefficient (Wildman–Crippen LogP) is 3.17. The molecule has 2 heterocycles. The highest BCUT2D eigenvalue weighted by molar-refractivity contribution is 7.10. The number of nitrogens with two attached hydrogens (primary N) is 1. The molecule has 1 atom stereocenters. The van der Waals surface area contributed by atoms with Crippen molar-refractivity contribution in [1.82, 2.24) is 15.0 Å². The highest BCUT2D eigenvalue weighted by Gasteiger charge is 2.18. The van der Waals surface area contributed by atoms with Crippen molar-refractivity contribution < 1.29 is 0 Å². The Morgan fingerprint density at radius 3 is 2.81 bits per heavy atom. The molecule has 0 aliphatic carbocycles. The van der Waals surface area contributed by atoms with Crippen LogP contribution >= 0.6 is 11.3 Å². The van der Waals surface area contributed by atoms with Crippen LogP contribution in [-0.2, 0) is 13.0 Å². The molecular weight excluding hydrogens is 280 g/mol. The molecule has 2 aromatic heterocycles. The molecule has 3 aromatic rings. The molecule has 0 spiro atoms. The van der Waals surface area contributed by atoms with Crippen LogP contribution in [0.2, 0.25) is 0 Å². The van der Waals surface area contributed by atoms with Crippen molar-refractivity contribution in [3.8, 4) is 0 Å². The fourth-order valence-electron chi connectivity index (χ4n) is 2.79. The lowest BCUT2D eigenvalue weighted by Gasteiger charge is -2.16. The van der Waals surface area contributed by atoms with Gasteiger partial charge >= 0.3 is 0 Å². The Balaban J connectivity index is 1.98. The molecule has 1 aromatic carbocycles. The Morgan fingerprint density at radius 1 is 1.33 bits per heavy atom. The Morgan fingerprint density at radius 2 is 2.14 bits per heavy atom. The number of thiophene rings is 1. The molecular formula is C16H20N4S. The molecule has 0 radical (unpaired) electrons. The molecule has 0 saturated heterocycles. The molecule has 0 fully saturated rings. The first-order chi connectivity index (χ1) is 10.2. The third kappa shape index (κ3) is 2.60. The summed E-state index contributed by atoms with van der Waals surface area (Å²) in [6, 6.07) is 10.5. The standard InChI is InChI=1S/C16H20N4S/c1-3-20-14-7-5-4-6-12(14)18-15(20)10-13(19-17)16-11(2)8-9-21-16/h4-9,13,19H,3,10,17H2,1-2H3. The Kier molecular flexibility index (Phi) is 4.05. The number of benzene rings is 1. The van der Waals surface area contributed by atoms with Gasteiger partial charge in [-0.1, -0.05) is 12.1 Å². The smallest absolute Gasteiger partial charge is 0.111 e. The molecule has 110 valence electrons. The SMILES string of the molecule is CCn1c(CC(NN)c2sccc2C)nc2ccccc21. The van der Waals surface area contributed by atoms with Crippen LogP contribution < -0.4 is 11.3 Å². The van der Waals surface area contributed by atoms with Gasteiger partial charge in [-0.15, -0.1) is 11.3 Å². The first kappa shape index (κ1) is 14.3. The van der Waals surface area contributed by atoms with E-state index < -0.39 is 0 Å². The van der Waals surface area contributed by atoms with E-state index in [4.69, 9.17) is 10.8 Å². The molecule has 0 aliphatic heterocycles. The van der Waals surface area contributed by atoms with Crippen molar-refractivity contribution in [3.05, 3.63) is 52.0 Å². The normalized spacial score (nSPS) is 12.9. The topological polar surface area (TPSA) is 55.9 Å². The zero-order valence-corrected chi connectivity index (χ0v) is 13.2. The van der Waals surface area contributed by atoms with Crippen LogP contribution in [0.4, 0.5) is 0 Å². The van der Waals surface area contributed by atoms with Gasteiger partial charge in [0.1, 0.15) is 5.82 Å². The minimum atomic E-state index is 0.104. The van der Waals surface area contributed by atoms with Gasteiger partial charge in [0.15, 0.2) is 0 Å². The van der Waals surface area contributed by atoms with Crippen LogP contribution in [0.15, 0.2) is 35.7 Å². The van der Waals surface area contributed by atoms with Crippen molar-refractivity contribution in [1.29, 1.82) is 0 Å². The quantitative estimate of drug-likeness (QED) is 0.562. The van der Waals surface area contributed by atoms with Gasteiger partial charge in [0.2, 0.25) is 0 Å². The van der Waals surface area contributed by atoms with E-state index in [1.165, 1.54) is 16.0 Å². The number of hydrazine groups is 1. The average Bonchev–Trinajstić information content (AvgIpc) is 3.07. The number of imidazole rings is 1. The fourth-order valence-corrected chi connectivity index (χ4v) is 3.77. The molecule has 1 unspecified atom stereocenters. The van der Waals surface area contributed by atoms with Gasteiger partial charge in [0.25, 0.3) is 0 Å². The number of aryl methyl sites for hydroxylation is 2. The summed E-state index contributed by atoms with van der Waals surface area (Å²) in [7, 11) is 0. The van der Waals surface area contributed by atoms with Crippen LogP contribution in [0.25, 0.3) is 11.0 Å². The van der Waals surface area contributed by atoms with E-state index in [1.807, 2.05) is 6.07 Å². The van der Waals surface area contributed by atoms with E-state index in [0.29, 0.717) is 0 Å².